The van der Waals surface area contributed by atoms with Crippen molar-refractivity contribution in [1.29, 1.82) is 0 Å². The molecule has 3 heterocycles. The van der Waals surface area contributed by atoms with Crippen LogP contribution < -0.4 is 9.64 Å². The van der Waals surface area contributed by atoms with E-state index in [0.717, 1.165) is 70.5 Å². The van der Waals surface area contributed by atoms with Gasteiger partial charge in [0.15, 0.2) is 5.82 Å². The first-order valence-corrected chi connectivity index (χ1v) is 11.3. The summed E-state index contributed by atoms with van der Waals surface area (Å²) in [5.41, 5.74) is 1.61. The number of hydrogen-bond donors (Lipinski definition) is 0. The first kappa shape index (κ1) is 23.8. The fourth-order valence-electron chi connectivity index (χ4n) is 4.55. The van der Waals surface area contributed by atoms with Gasteiger partial charge in [0.1, 0.15) is 5.75 Å². The third-order valence-electron chi connectivity index (χ3n) is 6.38. The summed E-state index contributed by atoms with van der Waals surface area (Å²) >= 11 is 0. The highest BCUT2D eigenvalue weighted by Gasteiger charge is 2.35. The van der Waals surface area contributed by atoms with Gasteiger partial charge in [-0.3, -0.25) is 9.80 Å². The smallest absolute Gasteiger partial charge is 0.406 e. The maximum absolute atomic E-state index is 12.4. The molecule has 10 heteroatoms. The van der Waals surface area contributed by atoms with Crippen LogP contribution in [0.4, 0.5) is 19.0 Å². The van der Waals surface area contributed by atoms with Crippen molar-refractivity contribution in [3.8, 4) is 11.4 Å². The van der Waals surface area contributed by atoms with Crippen LogP contribution in [0, 0.1) is 6.92 Å². The number of aryl methyl sites for hydroxylation is 1. The van der Waals surface area contributed by atoms with Gasteiger partial charge in [-0.1, -0.05) is 0 Å². The molecule has 1 aromatic heterocycles. The zero-order chi connectivity index (χ0) is 23.6. The number of alkyl halides is 3. The molecule has 33 heavy (non-hydrogen) atoms. The summed E-state index contributed by atoms with van der Waals surface area (Å²) < 4.78 is 48.4. The van der Waals surface area contributed by atoms with Crippen molar-refractivity contribution in [2.75, 3.05) is 63.9 Å². The van der Waals surface area contributed by atoms with E-state index in [2.05, 4.69) is 33.3 Å². The molecule has 2 fully saturated rings. The van der Waals surface area contributed by atoms with E-state index in [0.29, 0.717) is 5.69 Å². The highest BCUT2D eigenvalue weighted by atomic mass is 19.4. The minimum absolute atomic E-state index is 0.00119. The van der Waals surface area contributed by atoms with E-state index in [1.54, 1.807) is 16.8 Å². The van der Waals surface area contributed by atoms with Gasteiger partial charge in [-0.15, -0.1) is 13.2 Å². The predicted octanol–water partition coefficient (Wildman–Crippen LogP) is 3.31. The number of ether oxygens (including phenoxy) is 2. The van der Waals surface area contributed by atoms with Gasteiger partial charge in [0.05, 0.1) is 18.9 Å². The van der Waals surface area contributed by atoms with Gasteiger partial charge in [0.25, 0.3) is 0 Å². The fourth-order valence-corrected chi connectivity index (χ4v) is 4.55. The van der Waals surface area contributed by atoms with E-state index < -0.39 is 6.36 Å². The molecule has 0 saturated carbocycles. The Hall–Kier alpha value is -2.30. The summed E-state index contributed by atoms with van der Waals surface area (Å²) in [6.45, 7) is 14.9. The molecule has 0 aliphatic carbocycles. The monoisotopic (exact) mass is 467 g/mol. The summed E-state index contributed by atoms with van der Waals surface area (Å²) in [5.74, 6) is 0.634. The molecule has 1 aromatic carbocycles. The zero-order valence-electron chi connectivity index (χ0n) is 19.4. The molecule has 0 radical (unpaired) electrons. The van der Waals surface area contributed by atoms with Gasteiger partial charge in [0, 0.05) is 63.1 Å². The summed E-state index contributed by atoms with van der Waals surface area (Å²) in [7, 11) is 0. The van der Waals surface area contributed by atoms with E-state index in [1.807, 2.05) is 13.0 Å². The Balaban J connectivity index is 1.39. The summed E-state index contributed by atoms with van der Waals surface area (Å²) in [5, 5.41) is 4.76. The molecule has 4 rings (SSSR count). The maximum Gasteiger partial charge on any atom is 0.573 e. The molecule has 0 unspecified atom stereocenters. The van der Waals surface area contributed by atoms with Gasteiger partial charge in [-0.05, 0) is 45.0 Å². The van der Waals surface area contributed by atoms with Crippen LogP contribution in [-0.4, -0.2) is 90.5 Å². The largest absolute Gasteiger partial charge is 0.573 e. The Morgan fingerprint density at radius 3 is 2.36 bits per heavy atom. The Morgan fingerprint density at radius 1 is 1.03 bits per heavy atom. The predicted molar refractivity (Wildman–Crippen MR) is 120 cm³/mol. The fraction of sp³-hybridized carbons (Fsp3) is 0.609. The van der Waals surface area contributed by atoms with E-state index in [9.17, 15) is 13.2 Å². The lowest BCUT2D eigenvalue weighted by molar-refractivity contribution is -0.274. The first-order chi connectivity index (χ1) is 15.6. The van der Waals surface area contributed by atoms with Crippen LogP contribution in [0.1, 0.15) is 19.5 Å². The molecule has 2 aliphatic rings. The SMILES string of the molecule is Cc1cc(N2CCN(CCN3CCOCC3)C(C)(C)C2)nn1-c1ccc(OC(F)(F)F)cc1. The number of nitrogens with zero attached hydrogens (tertiary/aromatic N) is 5. The lowest BCUT2D eigenvalue weighted by Crippen LogP contribution is -2.60. The molecule has 0 atom stereocenters. The van der Waals surface area contributed by atoms with Crippen LogP contribution in [0.5, 0.6) is 5.75 Å². The Labute approximate surface area is 192 Å². The van der Waals surface area contributed by atoms with Crippen molar-refractivity contribution in [3.63, 3.8) is 0 Å². The van der Waals surface area contributed by atoms with Crippen LogP contribution in [0.2, 0.25) is 0 Å². The molecule has 0 amide bonds. The van der Waals surface area contributed by atoms with E-state index in [1.165, 1.54) is 12.1 Å². The highest BCUT2D eigenvalue weighted by molar-refractivity contribution is 5.46. The van der Waals surface area contributed by atoms with Crippen molar-refractivity contribution in [1.82, 2.24) is 19.6 Å². The second-order valence-corrected chi connectivity index (χ2v) is 9.27. The van der Waals surface area contributed by atoms with Crippen LogP contribution in [0.25, 0.3) is 5.69 Å². The number of benzene rings is 1. The molecule has 0 N–H and O–H groups in total. The van der Waals surface area contributed by atoms with Crippen LogP contribution in [0.3, 0.4) is 0 Å². The van der Waals surface area contributed by atoms with Crippen molar-refractivity contribution in [2.24, 2.45) is 0 Å². The van der Waals surface area contributed by atoms with E-state index >= 15 is 0 Å². The van der Waals surface area contributed by atoms with Crippen LogP contribution in [-0.2, 0) is 4.74 Å². The van der Waals surface area contributed by atoms with Crippen molar-refractivity contribution in [2.45, 2.75) is 32.7 Å². The van der Waals surface area contributed by atoms with Gasteiger partial charge in [-0.2, -0.15) is 5.10 Å². The molecule has 2 aromatic rings. The van der Waals surface area contributed by atoms with Gasteiger partial charge >= 0.3 is 6.36 Å². The summed E-state index contributed by atoms with van der Waals surface area (Å²) in [6.07, 6.45) is -4.70. The number of hydrogen-bond acceptors (Lipinski definition) is 6. The van der Waals surface area contributed by atoms with Crippen molar-refractivity contribution in [3.05, 3.63) is 36.0 Å². The number of halogens is 3. The number of piperazine rings is 1. The average Bonchev–Trinajstić information content (AvgIpc) is 3.14. The van der Waals surface area contributed by atoms with Crippen LogP contribution >= 0.6 is 0 Å². The minimum atomic E-state index is -4.70. The molecule has 7 nitrogen and oxygen atoms in total. The van der Waals surface area contributed by atoms with E-state index in [-0.39, 0.29) is 11.3 Å². The number of rotatable bonds is 6. The lowest BCUT2D eigenvalue weighted by atomic mass is 9.98. The molecular weight excluding hydrogens is 435 g/mol. The topological polar surface area (TPSA) is 46.0 Å². The quantitative estimate of drug-likeness (QED) is 0.650. The van der Waals surface area contributed by atoms with Gasteiger partial charge in [0.2, 0.25) is 0 Å². The molecule has 2 saturated heterocycles. The van der Waals surface area contributed by atoms with E-state index in [4.69, 9.17) is 9.84 Å². The Bertz CT molecular complexity index is 923. The molecule has 182 valence electrons. The standard InChI is InChI=1S/C23H32F3N5O2/c1-18-16-21(27-31(18)19-4-6-20(7-5-19)33-23(24,25)26)29-9-11-30(22(2,3)17-29)10-8-28-12-14-32-15-13-28/h4-7,16H,8-15,17H2,1-3H3. The molecular formula is C23H32F3N5O2. The highest BCUT2D eigenvalue weighted by Crippen LogP contribution is 2.28. The van der Waals surface area contributed by atoms with Crippen molar-refractivity contribution < 1.29 is 22.6 Å². The molecule has 2 aliphatic heterocycles. The summed E-state index contributed by atoms with van der Waals surface area (Å²) in [6, 6.07) is 7.80. The minimum Gasteiger partial charge on any atom is -0.406 e. The number of anilines is 1. The van der Waals surface area contributed by atoms with Gasteiger partial charge in [-0.25, -0.2) is 4.68 Å². The maximum atomic E-state index is 12.4. The molecule has 0 spiro atoms. The molecule has 0 bridgehead atoms. The summed E-state index contributed by atoms with van der Waals surface area (Å²) in [4.78, 5) is 7.29. The zero-order valence-corrected chi connectivity index (χ0v) is 19.4. The first-order valence-electron chi connectivity index (χ1n) is 11.3. The lowest BCUT2D eigenvalue weighted by Gasteiger charge is -2.48. The average molecular weight is 468 g/mol. The Kier molecular flexibility index (Phi) is 6.88. The second-order valence-electron chi connectivity index (χ2n) is 9.27. The van der Waals surface area contributed by atoms with Crippen LogP contribution in [0.15, 0.2) is 30.3 Å². The Morgan fingerprint density at radius 2 is 1.73 bits per heavy atom. The van der Waals surface area contributed by atoms with Crippen molar-refractivity contribution >= 4 is 5.82 Å². The third kappa shape index (κ3) is 5.99. The van der Waals surface area contributed by atoms with Gasteiger partial charge < -0.3 is 14.4 Å². The third-order valence-corrected chi connectivity index (χ3v) is 6.38. The normalized spacial score (nSPS) is 20.2. The number of morpholine rings is 1. The number of aromatic nitrogens is 2. The second kappa shape index (κ2) is 9.52.